The van der Waals surface area contributed by atoms with E-state index in [1.54, 1.807) is 37.1 Å². The molecule has 0 atom stereocenters. The highest BCUT2D eigenvalue weighted by Crippen LogP contribution is 2.27. The molecule has 5 rings (SSSR count). The molecule has 0 amide bonds. The Morgan fingerprint density at radius 2 is 1.84 bits per heavy atom. The van der Waals surface area contributed by atoms with E-state index in [2.05, 4.69) is 26.8 Å². The monoisotopic (exact) mass is 403 g/mol. The lowest BCUT2D eigenvalue weighted by Gasteiger charge is -2.08. The zero-order chi connectivity index (χ0) is 21.2. The molecule has 0 saturated heterocycles. The van der Waals surface area contributed by atoms with Crippen molar-refractivity contribution in [3.8, 4) is 23.6 Å². The molecule has 31 heavy (non-hydrogen) atoms. The van der Waals surface area contributed by atoms with Crippen molar-refractivity contribution in [3.05, 3.63) is 96.0 Å². The standard InChI is InChI=1S/C25H14FN5/c26-22-13-20(7-6-19(22)9-10-27)31-16-30-24-15-29-23-8-5-17(12-21(23)25(24)31)3-4-18-2-1-11-28-14-18/h1-2,5-8,11-16H,9H2. The quantitative estimate of drug-likeness (QED) is 0.405. The Balaban J connectivity index is 1.66. The van der Waals surface area contributed by atoms with E-state index in [0.717, 1.165) is 27.5 Å². The maximum absolute atomic E-state index is 14.4. The van der Waals surface area contributed by atoms with Crippen LogP contribution in [0.4, 0.5) is 4.39 Å². The van der Waals surface area contributed by atoms with Gasteiger partial charge in [0.1, 0.15) is 17.7 Å². The molecule has 6 heteroatoms. The average Bonchev–Trinajstić information content (AvgIpc) is 3.24. The second kappa shape index (κ2) is 7.70. The number of pyridine rings is 2. The second-order valence-electron chi connectivity index (χ2n) is 6.94. The van der Waals surface area contributed by atoms with Crippen molar-refractivity contribution in [2.24, 2.45) is 0 Å². The Labute approximate surface area is 177 Å². The van der Waals surface area contributed by atoms with Crippen LogP contribution in [-0.4, -0.2) is 19.5 Å². The van der Waals surface area contributed by atoms with Gasteiger partial charge in [0.2, 0.25) is 0 Å². The summed E-state index contributed by atoms with van der Waals surface area (Å²) in [6.45, 7) is 0. The van der Waals surface area contributed by atoms with Gasteiger partial charge in [-0.05, 0) is 42.5 Å². The first-order valence-corrected chi connectivity index (χ1v) is 9.56. The fraction of sp³-hybridized carbons (Fsp3) is 0.0400. The fourth-order valence-electron chi connectivity index (χ4n) is 3.46. The summed E-state index contributed by atoms with van der Waals surface area (Å²) in [4.78, 5) is 13.0. The number of aromatic nitrogens is 4. The van der Waals surface area contributed by atoms with Crippen molar-refractivity contribution in [2.75, 3.05) is 0 Å². The molecule has 0 radical (unpaired) electrons. The molecular weight excluding hydrogens is 389 g/mol. The molecule has 0 unspecified atom stereocenters. The summed E-state index contributed by atoms with van der Waals surface area (Å²) in [6.07, 6.45) is 6.81. The van der Waals surface area contributed by atoms with Crippen LogP contribution in [0.5, 0.6) is 0 Å². The van der Waals surface area contributed by atoms with E-state index in [0.29, 0.717) is 16.8 Å². The molecule has 0 aliphatic heterocycles. The van der Waals surface area contributed by atoms with Gasteiger partial charge in [0.15, 0.2) is 0 Å². The normalized spacial score (nSPS) is 10.6. The van der Waals surface area contributed by atoms with E-state index in [4.69, 9.17) is 5.26 Å². The van der Waals surface area contributed by atoms with Crippen molar-refractivity contribution in [1.29, 1.82) is 5.26 Å². The van der Waals surface area contributed by atoms with Crippen molar-refractivity contribution >= 4 is 21.9 Å². The van der Waals surface area contributed by atoms with Crippen molar-refractivity contribution in [3.63, 3.8) is 0 Å². The molecular formula is C25H14FN5. The third kappa shape index (κ3) is 3.48. The molecule has 0 N–H and O–H groups in total. The lowest BCUT2D eigenvalue weighted by Crippen LogP contribution is -1.97. The minimum Gasteiger partial charge on any atom is -0.298 e. The largest absolute Gasteiger partial charge is 0.298 e. The third-order valence-electron chi connectivity index (χ3n) is 4.97. The molecule has 0 saturated carbocycles. The smallest absolute Gasteiger partial charge is 0.129 e. The minimum atomic E-state index is -0.415. The van der Waals surface area contributed by atoms with E-state index >= 15 is 0 Å². The summed E-state index contributed by atoms with van der Waals surface area (Å²) >= 11 is 0. The molecule has 2 aromatic carbocycles. The number of hydrogen-bond acceptors (Lipinski definition) is 4. The molecule has 0 spiro atoms. The third-order valence-corrected chi connectivity index (χ3v) is 4.97. The van der Waals surface area contributed by atoms with Gasteiger partial charge in [0.05, 0.1) is 35.4 Å². The van der Waals surface area contributed by atoms with Crippen LogP contribution in [0.15, 0.2) is 73.4 Å². The second-order valence-corrected chi connectivity index (χ2v) is 6.94. The van der Waals surface area contributed by atoms with Gasteiger partial charge in [-0.2, -0.15) is 5.26 Å². The number of imidazole rings is 1. The maximum atomic E-state index is 14.4. The van der Waals surface area contributed by atoms with E-state index in [-0.39, 0.29) is 6.42 Å². The first-order valence-electron chi connectivity index (χ1n) is 9.56. The Kier molecular flexibility index (Phi) is 4.59. The van der Waals surface area contributed by atoms with Crippen molar-refractivity contribution < 1.29 is 4.39 Å². The first-order chi connectivity index (χ1) is 15.2. The van der Waals surface area contributed by atoms with Gasteiger partial charge in [-0.15, -0.1) is 0 Å². The Hall–Kier alpha value is -4.55. The molecule has 146 valence electrons. The number of fused-ring (bicyclic) bond motifs is 3. The number of nitrogens with zero attached hydrogens (tertiary/aromatic N) is 5. The number of benzene rings is 2. The fourth-order valence-corrected chi connectivity index (χ4v) is 3.46. The average molecular weight is 403 g/mol. The first kappa shape index (κ1) is 18.5. The van der Waals surface area contributed by atoms with Gasteiger partial charge < -0.3 is 0 Å². The van der Waals surface area contributed by atoms with Gasteiger partial charge in [-0.1, -0.05) is 17.9 Å². The lowest BCUT2D eigenvalue weighted by molar-refractivity contribution is 0.614. The van der Waals surface area contributed by atoms with Crippen LogP contribution in [0.1, 0.15) is 16.7 Å². The minimum absolute atomic E-state index is 0.0304. The van der Waals surface area contributed by atoms with Crippen LogP contribution in [0.25, 0.3) is 27.6 Å². The van der Waals surface area contributed by atoms with Gasteiger partial charge in [0.25, 0.3) is 0 Å². The summed E-state index contributed by atoms with van der Waals surface area (Å²) in [6, 6.07) is 16.4. The number of halogens is 1. The summed E-state index contributed by atoms with van der Waals surface area (Å²) in [5.41, 5.74) is 4.97. The van der Waals surface area contributed by atoms with E-state index in [9.17, 15) is 4.39 Å². The molecule has 0 aliphatic rings. The molecule has 3 heterocycles. The van der Waals surface area contributed by atoms with Gasteiger partial charge in [-0.3, -0.25) is 14.5 Å². The van der Waals surface area contributed by atoms with Crippen LogP contribution in [0.3, 0.4) is 0 Å². The molecule has 3 aromatic heterocycles. The molecule has 0 fully saturated rings. The van der Waals surface area contributed by atoms with Gasteiger partial charge >= 0.3 is 0 Å². The molecule has 0 bridgehead atoms. The predicted octanol–water partition coefficient (Wildman–Crippen LogP) is 4.57. The lowest BCUT2D eigenvalue weighted by atomic mass is 10.1. The van der Waals surface area contributed by atoms with Crippen LogP contribution in [-0.2, 0) is 6.42 Å². The SMILES string of the molecule is N#CCc1ccc(-n2cnc3cnc4ccc(C#Cc5cccnc5)cc4c32)cc1F. The van der Waals surface area contributed by atoms with Gasteiger partial charge in [-0.25, -0.2) is 9.37 Å². The van der Waals surface area contributed by atoms with Crippen LogP contribution < -0.4 is 0 Å². The Morgan fingerprint density at radius 3 is 2.65 bits per heavy atom. The highest BCUT2D eigenvalue weighted by atomic mass is 19.1. The zero-order valence-electron chi connectivity index (χ0n) is 16.2. The van der Waals surface area contributed by atoms with Crippen molar-refractivity contribution in [2.45, 2.75) is 6.42 Å². The molecule has 5 nitrogen and oxygen atoms in total. The van der Waals surface area contributed by atoms with E-state index < -0.39 is 5.82 Å². The van der Waals surface area contributed by atoms with Gasteiger partial charge in [0, 0.05) is 34.5 Å². The highest BCUT2D eigenvalue weighted by molar-refractivity contribution is 6.03. The van der Waals surface area contributed by atoms with Crippen LogP contribution >= 0.6 is 0 Å². The van der Waals surface area contributed by atoms with Crippen LogP contribution in [0.2, 0.25) is 0 Å². The topological polar surface area (TPSA) is 67.4 Å². The Bertz CT molecular complexity index is 1540. The summed E-state index contributed by atoms with van der Waals surface area (Å²) in [7, 11) is 0. The number of rotatable bonds is 2. The van der Waals surface area contributed by atoms with Crippen LogP contribution in [0, 0.1) is 29.0 Å². The zero-order valence-corrected chi connectivity index (χ0v) is 16.2. The maximum Gasteiger partial charge on any atom is 0.129 e. The summed E-state index contributed by atoms with van der Waals surface area (Å²) < 4.78 is 16.3. The molecule has 0 aliphatic carbocycles. The van der Waals surface area contributed by atoms with E-state index in [1.165, 1.54) is 6.07 Å². The summed E-state index contributed by atoms with van der Waals surface area (Å²) in [5.74, 6) is 5.86. The number of nitriles is 1. The molecule has 5 aromatic rings. The van der Waals surface area contributed by atoms with Crippen molar-refractivity contribution in [1.82, 2.24) is 19.5 Å². The summed E-state index contributed by atoms with van der Waals surface area (Å²) in [5, 5.41) is 9.72. The highest BCUT2D eigenvalue weighted by Gasteiger charge is 2.12. The van der Waals surface area contributed by atoms with E-state index in [1.807, 2.05) is 41.0 Å². The Morgan fingerprint density at radius 1 is 0.935 bits per heavy atom. The number of hydrogen-bond donors (Lipinski definition) is 0. The predicted molar refractivity (Wildman–Crippen MR) is 116 cm³/mol.